The minimum Gasteiger partial charge on any atom is -0.0864 e. The van der Waals surface area contributed by atoms with Gasteiger partial charge in [-0.15, -0.1) is 0 Å². The summed E-state index contributed by atoms with van der Waals surface area (Å²) in [6.45, 7) is 8.86. The molecule has 0 amide bonds. The average Bonchev–Trinajstić information content (AvgIpc) is 2.29. The van der Waals surface area contributed by atoms with Gasteiger partial charge in [0.15, 0.2) is 0 Å². The van der Waals surface area contributed by atoms with Crippen LogP contribution in [-0.4, -0.2) is 4.43 Å². The highest BCUT2D eigenvalue weighted by Gasteiger charge is 1.92. The van der Waals surface area contributed by atoms with Gasteiger partial charge in [0.2, 0.25) is 0 Å². The van der Waals surface area contributed by atoms with Gasteiger partial charge in [0, 0.05) is 0 Å². The third-order valence-corrected chi connectivity index (χ3v) is 3.72. The molecule has 0 saturated carbocycles. The van der Waals surface area contributed by atoms with E-state index in [1.165, 1.54) is 54.1 Å². The molecule has 0 radical (unpaired) electrons. The summed E-state index contributed by atoms with van der Waals surface area (Å²) in [5, 5.41) is 0. The fourth-order valence-corrected chi connectivity index (χ4v) is 2.20. The van der Waals surface area contributed by atoms with E-state index in [4.69, 9.17) is 0 Å². The maximum absolute atomic E-state index is 2.45. The molecule has 0 heterocycles. The third-order valence-electron chi connectivity index (χ3n) is 2.95. The molecular weight excluding hydrogens is 331 g/mol. The Morgan fingerprint density at radius 3 is 1.78 bits per heavy atom. The third kappa shape index (κ3) is 12.4. The number of hydrogen-bond donors (Lipinski definition) is 0. The minimum absolute atomic E-state index is 1.19. The lowest BCUT2D eigenvalue weighted by molar-refractivity contribution is 0.900. The van der Waals surface area contributed by atoms with Crippen molar-refractivity contribution in [1.82, 2.24) is 0 Å². The van der Waals surface area contributed by atoms with E-state index in [9.17, 15) is 0 Å². The first-order valence-corrected chi connectivity index (χ1v) is 8.59. The summed E-state index contributed by atoms with van der Waals surface area (Å²) < 4.78 is 1.27. The van der Waals surface area contributed by atoms with E-state index in [-0.39, 0.29) is 0 Å². The summed E-state index contributed by atoms with van der Waals surface area (Å²) in [6.07, 6.45) is 14.5. The molecule has 0 atom stereocenters. The van der Waals surface area contributed by atoms with Crippen LogP contribution in [0.25, 0.3) is 0 Å². The molecule has 0 rings (SSSR count). The van der Waals surface area contributed by atoms with Gasteiger partial charge >= 0.3 is 0 Å². The smallest absolute Gasteiger partial charge is 0.000178 e. The Morgan fingerprint density at radius 1 is 0.778 bits per heavy atom. The Kier molecular flexibility index (Phi) is 12.0. The SMILES string of the molecule is CC(C)=CCC/C(C)=C/CC/C(C)=C/CCCI. The van der Waals surface area contributed by atoms with E-state index in [0.717, 1.165) is 0 Å². The molecule has 0 bridgehead atoms. The molecule has 0 aromatic rings. The monoisotopic (exact) mass is 360 g/mol. The van der Waals surface area contributed by atoms with Gasteiger partial charge in [0.25, 0.3) is 0 Å². The lowest BCUT2D eigenvalue weighted by Gasteiger charge is -2.01. The summed E-state index contributed by atoms with van der Waals surface area (Å²) in [5.74, 6) is 0. The van der Waals surface area contributed by atoms with Gasteiger partial charge < -0.3 is 0 Å². The standard InChI is InChI=1S/C17H29I/c1-15(2)9-7-11-17(4)13-8-12-16(3)10-5-6-14-18/h9-10,13H,5-8,11-12,14H2,1-4H3/b16-10+,17-13+. The molecule has 0 nitrogen and oxygen atoms in total. The molecule has 1 heteroatoms. The van der Waals surface area contributed by atoms with E-state index < -0.39 is 0 Å². The summed E-state index contributed by atoms with van der Waals surface area (Å²) in [5.41, 5.74) is 4.51. The molecule has 0 unspecified atom stereocenters. The predicted molar refractivity (Wildman–Crippen MR) is 93.5 cm³/mol. The van der Waals surface area contributed by atoms with Crippen LogP contribution in [0, 0.1) is 0 Å². The van der Waals surface area contributed by atoms with Crippen molar-refractivity contribution in [3.05, 3.63) is 34.9 Å². The van der Waals surface area contributed by atoms with Crippen LogP contribution in [0.15, 0.2) is 34.9 Å². The van der Waals surface area contributed by atoms with Gasteiger partial charge in [-0.25, -0.2) is 0 Å². The number of hydrogen-bond acceptors (Lipinski definition) is 0. The van der Waals surface area contributed by atoms with E-state index in [0.29, 0.717) is 0 Å². The molecule has 0 fully saturated rings. The van der Waals surface area contributed by atoms with Crippen molar-refractivity contribution in [3.8, 4) is 0 Å². The highest BCUT2D eigenvalue weighted by molar-refractivity contribution is 14.1. The molecule has 0 aromatic heterocycles. The van der Waals surface area contributed by atoms with Gasteiger partial charge in [-0.05, 0) is 70.6 Å². The Hall–Kier alpha value is -0.0500. The van der Waals surface area contributed by atoms with Crippen molar-refractivity contribution in [2.24, 2.45) is 0 Å². The topological polar surface area (TPSA) is 0 Å². The van der Waals surface area contributed by atoms with Crippen LogP contribution >= 0.6 is 22.6 Å². The van der Waals surface area contributed by atoms with E-state index in [2.05, 4.69) is 68.5 Å². The van der Waals surface area contributed by atoms with Crippen LogP contribution in [0.5, 0.6) is 0 Å². The molecule has 0 N–H and O–H groups in total. The lowest BCUT2D eigenvalue weighted by Crippen LogP contribution is -1.81. The van der Waals surface area contributed by atoms with Crippen molar-refractivity contribution in [2.45, 2.75) is 66.2 Å². The second kappa shape index (κ2) is 12.0. The van der Waals surface area contributed by atoms with E-state index in [1.807, 2.05) is 0 Å². The van der Waals surface area contributed by atoms with Gasteiger partial charge in [-0.3, -0.25) is 0 Å². The first-order chi connectivity index (χ1) is 8.56. The van der Waals surface area contributed by atoms with Crippen LogP contribution < -0.4 is 0 Å². The molecule has 0 spiro atoms. The predicted octanol–water partition coefficient (Wildman–Crippen LogP) is 6.62. The lowest BCUT2D eigenvalue weighted by atomic mass is 10.1. The summed E-state index contributed by atoms with van der Waals surface area (Å²) in [6, 6.07) is 0. The molecule has 0 aliphatic rings. The Bertz CT molecular complexity index is 291. The van der Waals surface area contributed by atoms with Crippen molar-refractivity contribution in [1.29, 1.82) is 0 Å². The van der Waals surface area contributed by atoms with Gasteiger partial charge in [-0.1, -0.05) is 57.5 Å². The molecular formula is C17H29I. The first kappa shape index (κ1) is 17.9. The Balaban J connectivity index is 3.79. The number of rotatable bonds is 9. The fourth-order valence-electron chi connectivity index (χ4n) is 1.76. The Morgan fingerprint density at radius 2 is 1.28 bits per heavy atom. The van der Waals surface area contributed by atoms with Crippen molar-refractivity contribution < 1.29 is 0 Å². The second-order valence-electron chi connectivity index (χ2n) is 5.29. The molecule has 104 valence electrons. The van der Waals surface area contributed by atoms with Gasteiger partial charge in [0.1, 0.15) is 0 Å². The zero-order chi connectivity index (χ0) is 13.8. The summed E-state index contributed by atoms with van der Waals surface area (Å²) in [4.78, 5) is 0. The second-order valence-corrected chi connectivity index (χ2v) is 6.37. The van der Waals surface area contributed by atoms with Crippen LogP contribution in [0.1, 0.15) is 66.2 Å². The zero-order valence-corrected chi connectivity index (χ0v) is 14.7. The van der Waals surface area contributed by atoms with Crippen molar-refractivity contribution >= 4 is 22.6 Å². The number of unbranched alkanes of at least 4 members (excludes halogenated alkanes) is 1. The normalized spacial score (nSPS) is 12.7. The van der Waals surface area contributed by atoms with E-state index >= 15 is 0 Å². The molecule has 0 saturated heterocycles. The highest BCUT2D eigenvalue weighted by Crippen LogP contribution is 2.12. The maximum atomic E-state index is 2.45. The molecule has 18 heavy (non-hydrogen) atoms. The Labute approximate surface area is 128 Å². The number of allylic oxidation sites excluding steroid dienone is 6. The first-order valence-electron chi connectivity index (χ1n) is 7.07. The quantitative estimate of drug-likeness (QED) is 0.188. The minimum atomic E-state index is 1.19. The van der Waals surface area contributed by atoms with Crippen LogP contribution in [0.3, 0.4) is 0 Å². The molecule has 0 aliphatic heterocycles. The largest absolute Gasteiger partial charge is 0.0864 e. The molecule has 0 aliphatic carbocycles. The van der Waals surface area contributed by atoms with Crippen LogP contribution in [-0.2, 0) is 0 Å². The van der Waals surface area contributed by atoms with Crippen LogP contribution in [0.2, 0.25) is 0 Å². The maximum Gasteiger partial charge on any atom is -0.000178 e. The number of alkyl halides is 1. The van der Waals surface area contributed by atoms with Crippen molar-refractivity contribution in [3.63, 3.8) is 0 Å². The van der Waals surface area contributed by atoms with Gasteiger partial charge in [-0.2, -0.15) is 0 Å². The summed E-state index contributed by atoms with van der Waals surface area (Å²) in [7, 11) is 0. The average molecular weight is 360 g/mol. The van der Waals surface area contributed by atoms with E-state index in [1.54, 1.807) is 5.57 Å². The highest BCUT2D eigenvalue weighted by atomic mass is 127. The van der Waals surface area contributed by atoms with Crippen molar-refractivity contribution in [2.75, 3.05) is 4.43 Å². The molecule has 0 aromatic carbocycles. The zero-order valence-electron chi connectivity index (χ0n) is 12.6. The number of halogens is 1. The summed E-state index contributed by atoms with van der Waals surface area (Å²) >= 11 is 2.45. The fraction of sp³-hybridized carbons (Fsp3) is 0.647. The van der Waals surface area contributed by atoms with Crippen LogP contribution in [0.4, 0.5) is 0 Å². The van der Waals surface area contributed by atoms with Gasteiger partial charge in [0.05, 0.1) is 0 Å².